The minimum Gasteiger partial charge on any atom is -0.326 e. The van der Waals surface area contributed by atoms with Crippen LogP contribution in [0.2, 0.25) is 10.0 Å². The van der Waals surface area contributed by atoms with Crippen LogP contribution in [-0.2, 0) is 4.79 Å². The fraction of sp³-hybridized carbons (Fsp3) is 0.308. The summed E-state index contributed by atoms with van der Waals surface area (Å²) in [5.41, 5.74) is 3.24. The lowest BCUT2D eigenvalue weighted by molar-refractivity contribution is -0.142. The molecule has 1 saturated carbocycles. The number of hydrogen-bond acceptors (Lipinski definition) is 2. The lowest BCUT2D eigenvalue weighted by Crippen LogP contribution is -2.45. The topological polar surface area (TPSA) is 33.2 Å². The van der Waals surface area contributed by atoms with Gasteiger partial charge in [-0.15, -0.1) is 0 Å². The summed E-state index contributed by atoms with van der Waals surface area (Å²) in [6.07, 6.45) is 5.39. The Balaban J connectivity index is 1.64. The molecular weight excluding hydrogens is 427 g/mol. The fourth-order valence-electron chi connectivity index (χ4n) is 4.96. The third kappa shape index (κ3) is 4.22. The lowest BCUT2D eigenvalue weighted by atomic mass is 9.78. The third-order valence-corrected chi connectivity index (χ3v) is 6.97. The Bertz CT molecular complexity index is 1070. The van der Waals surface area contributed by atoms with Crippen molar-refractivity contribution in [3.8, 4) is 0 Å². The van der Waals surface area contributed by atoms with Crippen molar-refractivity contribution >= 4 is 29.1 Å². The molecule has 0 unspecified atom stereocenters. The van der Waals surface area contributed by atoms with Gasteiger partial charge in [0.2, 0.25) is 5.91 Å². The van der Waals surface area contributed by atoms with Gasteiger partial charge in [-0.1, -0.05) is 53.5 Å². The number of benzene rings is 2. The number of amides is 1. The number of likely N-dealkylation sites (tertiary alicyclic amines) is 1. The van der Waals surface area contributed by atoms with Crippen LogP contribution in [0.15, 0.2) is 72.9 Å². The Morgan fingerprint density at radius 3 is 2.35 bits per heavy atom. The summed E-state index contributed by atoms with van der Waals surface area (Å²) in [6, 6.07) is 21.9. The molecule has 2 fully saturated rings. The van der Waals surface area contributed by atoms with Crippen molar-refractivity contribution < 1.29 is 4.79 Å². The summed E-state index contributed by atoms with van der Waals surface area (Å²) in [7, 11) is 0. The number of halogens is 2. The van der Waals surface area contributed by atoms with Crippen molar-refractivity contribution in [3.63, 3.8) is 0 Å². The van der Waals surface area contributed by atoms with Crippen LogP contribution < -0.4 is 0 Å². The zero-order chi connectivity index (χ0) is 21.4. The van der Waals surface area contributed by atoms with Gasteiger partial charge in [0.1, 0.15) is 0 Å². The first kappa shape index (κ1) is 20.5. The molecule has 3 atom stereocenters. The van der Waals surface area contributed by atoms with Crippen LogP contribution in [0, 0.1) is 5.92 Å². The van der Waals surface area contributed by atoms with E-state index in [9.17, 15) is 4.79 Å². The van der Waals surface area contributed by atoms with Crippen molar-refractivity contribution in [3.05, 3.63) is 99.8 Å². The van der Waals surface area contributed by atoms with Gasteiger partial charge >= 0.3 is 0 Å². The monoisotopic (exact) mass is 450 g/mol. The Labute approximate surface area is 193 Å². The molecule has 1 aromatic heterocycles. The van der Waals surface area contributed by atoms with Crippen LogP contribution >= 0.6 is 23.2 Å². The van der Waals surface area contributed by atoms with Crippen molar-refractivity contribution in [1.29, 1.82) is 0 Å². The summed E-state index contributed by atoms with van der Waals surface area (Å²) < 4.78 is 0. The van der Waals surface area contributed by atoms with E-state index in [4.69, 9.17) is 23.2 Å². The average Bonchev–Trinajstić information content (AvgIpc) is 3.62. The standard InChI is InChI=1S/C26H24Cl2N2O/c27-20-11-9-17(10-12-20)25-22(19-4-3-5-21(28)16-19)13-14-24(31)30(25)26(18-7-8-18)23-6-1-2-15-29-23/h1-6,9-12,15-16,18,22,25-26H,7-8,13-14H2/t22-,25-,26-/m1/s1. The van der Waals surface area contributed by atoms with Gasteiger partial charge in [0.15, 0.2) is 0 Å². The van der Waals surface area contributed by atoms with Crippen LogP contribution in [0.1, 0.15) is 60.5 Å². The first-order valence-corrected chi connectivity index (χ1v) is 11.6. The summed E-state index contributed by atoms with van der Waals surface area (Å²) >= 11 is 12.6. The molecule has 0 spiro atoms. The van der Waals surface area contributed by atoms with Crippen LogP contribution in [0.3, 0.4) is 0 Å². The fourth-order valence-corrected chi connectivity index (χ4v) is 5.28. The SMILES string of the molecule is O=C1CC[C@H](c2cccc(Cl)c2)[C@@H](c2ccc(Cl)cc2)N1[C@@H](c1ccccn1)C1CC1. The average molecular weight is 451 g/mol. The van der Waals surface area contributed by atoms with E-state index in [0.717, 1.165) is 35.5 Å². The van der Waals surface area contributed by atoms with Gasteiger partial charge in [0.25, 0.3) is 0 Å². The molecule has 0 N–H and O–H groups in total. The molecular formula is C26H24Cl2N2O. The second-order valence-electron chi connectivity index (χ2n) is 8.53. The molecule has 2 aromatic carbocycles. The largest absolute Gasteiger partial charge is 0.326 e. The van der Waals surface area contributed by atoms with Gasteiger partial charge in [-0.05, 0) is 72.7 Å². The van der Waals surface area contributed by atoms with Crippen LogP contribution in [0.5, 0.6) is 0 Å². The number of aromatic nitrogens is 1. The maximum atomic E-state index is 13.5. The van der Waals surface area contributed by atoms with E-state index < -0.39 is 0 Å². The van der Waals surface area contributed by atoms with Crippen molar-refractivity contribution in [1.82, 2.24) is 9.88 Å². The van der Waals surface area contributed by atoms with E-state index in [1.165, 1.54) is 5.56 Å². The minimum absolute atomic E-state index is 0.0173. The Kier molecular flexibility index (Phi) is 5.73. The molecule has 1 saturated heterocycles. The van der Waals surface area contributed by atoms with Crippen molar-refractivity contribution in [2.75, 3.05) is 0 Å². The highest BCUT2D eigenvalue weighted by molar-refractivity contribution is 6.30. The summed E-state index contributed by atoms with van der Waals surface area (Å²) in [5.74, 6) is 0.801. The Morgan fingerprint density at radius 1 is 0.871 bits per heavy atom. The van der Waals surface area contributed by atoms with Crippen LogP contribution in [0.25, 0.3) is 0 Å². The Hall–Kier alpha value is -2.36. The van der Waals surface area contributed by atoms with Gasteiger partial charge < -0.3 is 4.90 Å². The highest BCUT2D eigenvalue weighted by atomic mass is 35.5. The first-order valence-electron chi connectivity index (χ1n) is 10.8. The maximum Gasteiger partial charge on any atom is 0.223 e. The normalized spacial score (nSPS) is 22.4. The molecule has 1 amide bonds. The molecule has 5 rings (SSSR count). The van der Waals surface area contributed by atoms with E-state index in [2.05, 4.69) is 34.1 Å². The first-order chi connectivity index (χ1) is 15.1. The molecule has 0 radical (unpaired) electrons. The predicted octanol–water partition coefficient (Wildman–Crippen LogP) is 6.99. The van der Waals surface area contributed by atoms with E-state index in [-0.39, 0.29) is 23.9 Å². The highest BCUT2D eigenvalue weighted by Gasteiger charge is 2.47. The third-order valence-electron chi connectivity index (χ3n) is 6.49. The molecule has 0 bridgehead atoms. The zero-order valence-corrected chi connectivity index (χ0v) is 18.6. The highest BCUT2D eigenvalue weighted by Crippen LogP contribution is 2.52. The Morgan fingerprint density at radius 2 is 1.68 bits per heavy atom. The van der Waals surface area contributed by atoms with E-state index in [0.29, 0.717) is 17.4 Å². The van der Waals surface area contributed by atoms with Crippen molar-refractivity contribution in [2.45, 2.75) is 43.7 Å². The number of pyridine rings is 1. The zero-order valence-electron chi connectivity index (χ0n) is 17.1. The number of carbonyl (C=O) groups is 1. The number of carbonyl (C=O) groups excluding carboxylic acids is 1. The number of hydrogen-bond donors (Lipinski definition) is 0. The summed E-state index contributed by atoms with van der Waals surface area (Å²) in [6.45, 7) is 0. The van der Waals surface area contributed by atoms with E-state index >= 15 is 0 Å². The van der Waals surface area contributed by atoms with Gasteiger partial charge in [0.05, 0.1) is 17.8 Å². The molecule has 2 heterocycles. The second-order valence-corrected chi connectivity index (χ2v) is 9.41. The molecule has 1 aliphatic heterocycles. The predicted molar refractivity (Wildman–Crippen MR) is 124 cm³/mol. The maximum absolute atomic E-state index is 13.5. The molecule has 1 aliphatic carbocycles. The van der Waals surface area contributed by atoms with Gasteiger partial charge in [-0.25, -0.2) is 0 Å². The molecule has 5 heteroatoms. The number of rotatable bonds is 5. The minimum atomic E-state index is -0.0930. The van der Waals surface area contributed by atoms with Gasteiger partial charge in [-0.2, -0.15) is 0 Å². The molecule has 31 heavy (non-hydrogen) atoms. The lowest BCUT2D eigenvalue weighted by Gasteiger charge is -2.46. The quantitative estimate of drug-likeness (QED) is 0.419. The molecule has 158 valence electrons. The van der Waals surface area contributed by atoms with Crippen LogP contribution in [0.4, 0.5) is 0 Å². The number of piperidine rings is 1. The molecule has 2 aliphatic rings. The van der Waals surface area contributed by atoms with Gasteiger partial charge in [0, 0.05) is 28.6 Å². The molecule has 3 nitrogen and oxygen atoms in total. The summed E-state index contributed by atoms with van der Waals surface area (Å²) in [5, 5.41) is 1.42. The van der Waals surface area contributed by atoms with Gasteiger partial charge in [-0.3, -0.25) is 9.78 Å². The van der Waals surface area contributed by atoms with Crippen LogP contribution in [-0.4, -0.2) is 15.8 Å². The molecule has 3 aromatic rings. The smallest absolute Gasteiger partial charge is 0.223 e. The van der Waals surface area contributed by atoms with Crippen molar-refractivity contribution in [2.24, 2.45) is 5.92 Å². The second kappa shape index (κ2) is 8.64. The summed E-state index contributed by atoms with van der Waals surface area (Å²) in [4.78, 5) is 20.3. The van der Waals surface area contributed by atoms with E-state index in [1.54, 1.807) is 0 Å². The number of nitrogens with zero attached hydrogens (tertiary/aromatic N) is 2. The van der Waals surface area contributed by atoms with E-state index in [1.807, 2.05) is 48.7 Å².